The van der Waals surface area contributed by atoms with Gasteiger partial charge in [0.05, 0.1) is 42.8 Å². The maximum Gasteiger partial charge on any atom is 0.316 e. The molecule has 2 aromatic rings. The molecule has 0 aliphatic carbocycles. The molecule has 0 aromatic carbocycles. The Kier molecular flexibility index (Phi) is 15.7. The Hall–Kier alpha value is -3.82. The van der Waals surface area contributed by atoms with E-state index < -0.39 is 77.3 Å². The molecule has 0 radical (unpaired) electrons. The Morgan fingerprint density at radius 3 is 2.48 bits per heavy atom. The molecular formula is C41H61N7O11S. The van der Waals surface area contributed by atoms with Crippen molar-refractivity contribution < 1.29 is 53.1 Å². The highest BCUT2D eigenvalue weighted by atomic mass is 32.1. The van der Waals surface area contributed by atoms with E-state index in [1.54, 1.807) is 33.0 Å². The van der Waals surface area contributed by atoms with E-state index in [4.69, 9.17) is 34.3 Å². The fourth-order valence-corrected chi connectivity index (χ4v) is 8.80. The fourth-order valence-electron chi connectivity index (χ4n) is 8.20. The Labute approximate surface area is 355 Å². The summed E-state index contributed by atoms with van der Waals surface area (Å²) in [6, 6.07) is 3.25. The molecule has 0 saturated carbocycles. The van der Waals surface area contributed by atoms with Crippen molar-refractivity contribution in [3.8, 4) is 10.6 Å². The molecule has 19 heteroatoms. The largest absolute Gasteiger partial charge is 0.459 e. The quantitative estimate of drug-likeness (QED) is 0.196. The number of pyridine rings is 1. The number of aromatic nitrogens is 3. The number of aliphatic imine (C=N–C) groups is 1. The molecule has 1 amide bonds. The van der Waals surface area contributed by atoms with Gasteiger partial charge in [-0.2, -0.15) is 0 Å². The molecule has 3 aliphatic heterocycles. The number of fused-ring (bicyclic) bond motifs is 5. The third-order valence-electron chi connectivity index (χ3n) is 11.7. The smallest absolute Gasteiger partial charge is 0.316 e. The average molecular weight is 860 g/mol. The maximum atomic E-state index is 14.5. The molecule has 5 rings (SSSR count). The summed E-state index contributed by atoms with van der Waals surface area (Å²) in [5.41, 5.74) is 4.45. The van der Waals surface area contributed by atoms with Gasteiger partial charge in [0.25, 0.3) is 0 Å². The standard InChI is InChI=1S/C41H61N7O11S/c1-11-31-41(8,53)32-15-29(44-25(6)49)21(2)16-40(7,55-19-28(18-54-32)47-56-20-27-13-12-26(17-43-27)36-45-46-39(42)60-36)35(23(4)33(50)24(5)37(52)58-31)59-38-34(51)30(48(9)10)14-22(3)57-38/h12-13,17,21-24,30-32,34-35,38,51,53H,11,14-16,18-20H2,1-10H3,(H2,42,46)/b44-29?,47-28-/t21-,22-,23+,24-,30+,31-,32-,34-,35-,38+,40-,41-/m1/s1. The van der Waals surface area contributed by atoms with Gasteiger partial charge < -0.3 is 49.4 Å². The van der Waals surface area contributed by atoms with E-state index in [0.717, 1.165) is 5.56 Å². The minimum absolute atomic E-state index is 0.0297. The number of nitrogens with zero attached hydrogens (tertiary/aromatic N) is 6. The summed E-state index contributed by atoms with van der Waals surface area (Å²) < 4.78 is 32.2. The lowest BCUT2D eigenvalue weighted by molar-refractivity contribution is -0.296. The van der Waals surface area contributed by atoms with Crippen molar-refractivity contribution >= 4 is 45.6 Å². The SMILES string of the molecule is CC[C@H]1OC(=O)[C@H](C)C(=O)[C@H](C)[C@@H](O[C@@H]2O[C@H](C)C[C@H](N(C)C)[C@H]2O)[C@@]2(C)C[C@@H](C)C(=NC(C)=O)C[C@@H](OC/C(=N/OCc3ccc(-c4nnc(N)s4)cn3)CO2)[C@]1(C)O. The minimum Gasteiger partial charge on any atom is -0.459 e. The molecule has 3 aliphatic rings. The van der Waals surface area contributed by atoms with Crippen LogP contribution in [0, 0.1) is 17.8 Å². The summed E-state index contributed by atoms with van der Waals surface area (Å²) in [6.07, 6.45) is -3.55. The predicted molar refractivity (Wildman–Crippen MR) is 222 cm³/mol. The number of aliphatic hydroxyl groups is 2. The molecule has 332 valence electrons. The second-order valence-electron chi connectivity index (χ2n) is 16.8. The number of anilines is 1. The average Bonchev–Trinajstić information content (AvgIpc) is 3.63. The van der Waals surface area contributed by atoms with Crippen LogP contribution in [-0.4, -0.2) is 141 Å². The monoisotopic (exact) mass is 859 g/mol. The van der Waals surface area contributed by atoms with Gasteiger partial charge >= 0.3 is 5.97 Å². The van der Waals surface area contributed by atoms with Gasteiger partial charge in [0, 0.05) is 42.8 Å². The normalized spacial score (nSPS) is 36.4. The number of oxime groups is 1. The number of hydrogen-bond acceptors (Lipinski definition) is 18. The van der Waals surface area contributed by atoms with Crippen LogP contribution in [0.3, 0.4) is 0 Å². The second kappa shape index (κ2) is 19.9. The van der Waals surface area contributed by atoms with Crippen molar-refractivity contribution in [3.05, 3.63) is 24.0 Å². The maximum absolute atomic E-state index is 14.5. The van der Waals surface area contributed by atoms with E-state index in [2.05, 4.69) is 25.3 Å². The zero-order valence-electron chi connectivity index (χ0n) is 36.2. The lowest BCUT2D eigenvalue weighted by Crippen LogP contribution is -2.59. The topological polar surface area (TPSA) is 240 Å². The number of rotatable bonds is 8. The number of Topliss-reactive ketones (excluding diaryl/α,β-unsaturated/α-hetero) is 1. The molecule has 12 atom stereocenters. The van der Waals surface area contributed by atoms with E-state index in [9.17, 15) is 24.6 Å². The first kappa shape index (κ1) is 47.2. The first-order valence-electron chi connectivity index (χ1n) is 20.4. The molecule has 18 nitrogen and oxygen atoms in total. The van der Waals surface area contributed by atoms with Crippen LogP contribution >= 0.6 is 11.3 Å². The number of amides is 1. The number of esters is 1. The highest BCUT2D eigenvalue weighted by Crippen LogP contribution is 2.39. The van der Waals surface area contributed by atoms with Crippen LogP contribution in [0.4, 0.5) is 5.13 Å². The predicted octanol–water partition coefficient (Wildman–Crippen LogP) is 3.37. The Balaban J connectivity index is 1.60. The minimum atomic E-state index is -1.84. The number of likely N-dealkylation sites (N-methyl/N-ethyl adjacent to an activating group) is 1. The summed E-state index contributed by atoms with van der Waals surface area (Å²) in [4.78, 5) is 57.6. The van der Waals surface area contributed by atoms with Crippen LogP contribution in [0.2, 0.25) is 0 Å². The van der Waals surface area contributed by atoms with Crippen molar-refractivity contribution in [2.45, 2.75) is 142 Å². The Bertz CT molecular complexity index is 1870. The first-order chi connectivity index (χ1) is 28.2. The lowest BCUT2D eigenvalue weighted by atomic mass is 9.76. The van der Waals surface area contributed by atoms with Gasteiger partial charge in [-0.05, 0) is 79.1 Å². The molecule has 0 unspecified atom stereocenters. The van der Waals surface area contributed by atoms with Gasteiger partial charge in [-0.3, -0.25) is 19.4 Å². The van der Waals surface area contributed by atoms with E-state index in [-0.39, 0.29) is 56.9 Å². The number of ketones is 1. The zero-order valence-corrected chi connectivity index (χ0v) is 37.0. The number of hydrogen-bond donors (Lipinski definition) is 3. The number of ether oxygens (including phenoxy) is 5. The van der Waals surface area contributed by atoms with Gasteiger partial charge in [0.15, 0.2) is 23.7 Å². The third kappa shape index (κ3) is 11.2. The van der Waals surface area contributed by atoms with Gasteiger partial charge in [-0.1, -0.05) is 37.3 Å². The van der Waals surface area contributed by atoms with E-state index in [1.165, 1.54) is 32.1 Å². The number of carbonyl (C=O) groups excluding carboxylic acids is 3. The van der Waals surface area contributed by atoms with Crippen molar-refractivity contribution in [2.24, 2.45) is 27.9 Å². The van der Waals surface area contributed by atoms with E-state index in [0.29, 0.717) is 28.0 Å². The van der Waals surface area contributed by atoms with Crippen molar-refractivity contribution in [1.82, 2.24) is 20.1 Å². The first-order valence-corrected chi connectivity index (χ1v) is 21.2. The molecule has 0 spiro atoms. The van der Waals surface area contributed by atoms with Crippen LogP contribution in [0.1, 0.15) is 86.8 Å². The van der Waals surface area contributed by atoms with Crippen LogP contribution < -0.4 is 5.73 Å². The number of carbonyl (C=O) groups is 3. The fraction of sp³-hybridized carbons (Fsp3) is 0.707. The van der Waals surface area contributed by atoms with Gasteiger partial charge in [-0.25, -0.2) is 4.99 Å². The van der Waals surface area contributed by atoms with Gasteiger partial charge in [0.1, 0.15) is 29.4 Å². The van der Waals surface area contributed by atoms with Crippen LogP contribution in [0.25, 0.3) is 10.6 Å². The van der Waals surface area contributed by atoms with Gasteiger partial charge in [-0.15, -0.1) is 10.2 Å². The number of aliphatic hydroxyl groups excluding tert-OH is 1. The molecule has 4 N–H and O–H groups in total. The Morgan fingerprint density at radius 1 is 1.13 bits per heavy atom. The summed E-state index contributed by atoms with van der Waals surface area (Å²) >= 11 is 1.24. The molecule has 3 saturated heterocycles. The van der Waals surface area contributed by atoms with Crippen molar-refractivity contribution in [2.75, 3.05) is 33.0 Å². The molecule has 5 heterocycles. The Morgan fingerprint density at radius 2 is 1.87 bits per heavy atom. The second-order valence-corrected chi connectivity index (χ2v) is 17.9. The molecular weight excluding hydrogens is 799 g/mol. The zero-order chi connectivity index (χ0) is 44.1. The van der Waals surface area contributed by atoms with Crippen LogP contribution in [0.15, 0.2) is 28.5 Å². The molecule has 2 bridgehead atoms. The number of nitrogens with two attached hydrogens (primary N) is 1. The van der Waals surface area contributed by atoms with Crippen molar-refractivity contribution in [1.29, 1.82) is 0 Å². The summed E-state index contributed by atoms with van der Waals surface area (Å²) in [5.74, 6) is -4.63. The number of nitrogen functional groups attached to an aromatic ring is 1. The van der Waals surface area contributed by atoms with Crippen molar-refractivity contribution in [3.63, 3.8) is 0 Å². The summed E-state index contributed by atoms with van der Waals surface area (Å²) in [7, 11) is 3.72. The van der Waals surface area contributed by atoms with Gasteiger partial charge in [0.2, 0.25) is 11.0 Å². The summed E-state index contributed by atoms with van der Waals surface area (Å²) in [5, 5.41) is 37.2. The highest BCUT2D eigenvalue weighted by Gasteiger charge is 2.51. The molecule has 2 aromatic heterocycles. The van der Waals surface area contributed by atoms with Crippen LogP contribution in [-0.2, 0) is 49.5 Å². The lowest BCUT2D eigenvalue weighted by Gasteiger charge is -2.47. The van der Waals surface area contributed by atoms with Crippen LogP contribution in [0.5, 0.6) is 0 Å². The molecule has 3 fully saturated rings. The third-order valence-corrected chi connectivity index (χ3v) is 12.5. The summed E-state index contributed by atoms with van der Waals surface area (Å²) in [6.45, 7) is 12.7. The number of cyclic esters (lactones) is 1. The molecule has 60 heavy (non-hydrogen) atoms. The highest BCUT2D eigenvalue weighted by molar-refractivity contribution is 7.18. The van der Waals surface area contributed by atoms with E-state index >= 15 is 0 Å². The van der Waals surface area contributed by atoms with E-state index in [1.807, 2.05) is 38.9 Å².